The van der Waals surface area contributed by atoms with Crippen LogP contribution in [0.5, 0.6) is 11.5 Å². The number of likely N-dealkylation sites (N-methyl/N-ethyl adjacent to an activating group) is 1. The Labute approximate surface area is 230 Å². The summed E-state index contributed by atoms with van der Waals surface area (Å²) in [5.74, 6) is -3.27. The number of carboxylic acids is 1. The van der Waals surface area contributed by atoms with E-state index < -0.39 is 66.1 Å². The van der Waals surface area contributed by atoms with Crippen LogP contribution in [-0.2, 0) is 40.5 Å². The van der Waals surface area contributed by atoms with Gasteiger partial charge in [0.05, 0.1) is 17.4 Å². The highest BCUT2D eigenvalue weighted by Gasteiger charge is 2.72. The number of nitrogens with zero attached hydrogens (tertiary/aromatic N) is 1. The van der Waals surface area contributed by atoms with Gasteiger partial charge in [-0.2, -0.15) is 13.2 Å². The van der Waals surface area contributed by atoms with Gasteiger partial charge in [-0.3, -0.25) is 9.59 Å². The number of esters is 2. The van der Waals surface area contributed by atoms with Crippen LogP contribution in [0.2, 0.25) is 0 Å². The fourth-order valence-electron chi connectivity index (χ4n) is 6.15. The number of phenolic OH excluding ortho intramolecular Hbond substituents is 1. The summed E-state index contributed by atoms with van der Waals surface area (Å²) in [6.45, 7) is 1.78. The van der Waals surface area contributed by atoms with Gasteiger partial charge in [0.25, 0.3) is 0 Å². The summed E-state index contributed by atoms with van der Waals surface area (Å²) < 4.78 is 47.5. The van der Waals surface area contributed by atoms with Gasteiger partial charge < -0.3 is 39.5 Å². The zero-order valence-corrected chi connectivity index (χ0v) is 21.9. The zero-order valence-electron chi connectivity index (χ0n) is 21.9. The van der Waals surface area contributed by atoms with E-state index in [9.17, 15) is 42.9 Å². The number of aromatic hydroxyl groups is 1. The van der Waals surface area contributed by atoms with E-state index in [2.05, 4.69) is 9.64 Å². The number of hydrogen-bond donors (Lipinski definition) is 4. The molecule has 0 aromatic heterocycles. The molecular weight excluding hydrogens is 559 g/mol. The van der Waals surface area contributed by atoms with Crippen molar-refractivity contribution in [3.05, 3.63) is 35.1 Å². The molecule has 2 aliphatic heterocycles. The summed E-state index contributed by atoms with van der Waals surface area (Å²) in [6, 6.07) is 3.18. The smallest absolute Gasteiger partial charge is 0.446 e. The first-order valence-electron chi connectivity index (χ1n) is 12.6. The van der Waals surface area contributed by atoms with Crippen LogP contribution in [0.15, 0.2) is 24.0 Å². The number of phenols is 1. The average molecular weight is 588 g/mol. The van der Waals surface area contributed by atoms with E-state index >= 15 is 0 Å². The zero-order chi connectivity index (χ0) is 30.5. The highest BCUT2D eigenvalue weighted by atomic mass is 19.4. The van der Waals surface area contributed by atoms with E-state index in [0.717, 1.165) is 18.1 Å². The number of hydrogen-bond acceptors (Lipinski definition) is 11. The summed E-state index contributed by atoms with van der Waals surface area (Å²) in [5.41, 5.74) is -0.463. The molecule has 15 heteroatoms. The van der Waals surface area contributed by atoms with Crippen molar-refractivity contribution in [1.82, 2.24) is 4.90 Å². The fraction of sp³-hybridized carbons (Fsp3) is 0.538. The number of carboxylic acid groups (broad SMARTS) is 1. The van der Waals surface area contributed by atoms with E-state index in [-0.39, 0.29) is 29.7 Å². The number of rotatable bonds is 6. The maximum absolute atomic E-state index is 12.6. The van der Waals surface area contributed by atoms with Crippen molar-refractivity contribution in [2.24, 2.45) is 0 Å². The predicted octanol–water partition coefficient (Wildman–Crippen LogP) is 0.728. The summed E-state index contributed by atoms with van der Waals surface area (Å²) in [6.07, 6.45) is -7.90. The Kier molecular flexibility index (Phi) is 7.84. The highest BCUT2D eigenvalue weighted by molar-refractivity contribution is 5.84. The normalized spacial score (nSPS) is 28.9. The predicted molar refractivity (Wildman–Crippen MR) is 129 cm³/mol. The van der Waals surface area contributed by atoms with Crippen LogP contribution >= 0.6 is 0 Å². The Morgan fingerprint density at radius 1 is 1.29 bits per heavy atom. The molecule has 0 amide bonds. The molecule has 2 heterocycles. The fourth-order valence-corrected chi connectivity index (χ4v) is 6.15. The Morgan fingerprint density at radius 2 is 1.95 bits per heavy atom. The van der Waals surface area contributed by atoms with Crippen LogP contribution in [0.25, 0.3) is 0 Å². The number of aliphatic hydroxyl groups is 2. The second kappa shape index (κ2) is 10.6. The van der Waals surface area contributed by atoms with Crippen molar-refractivity contribution < 1.29 is 67.0 Å². The van der Waals surface area contributed by atoms with Crippen molar-refractivity contribution in [3.8, 4) is 11.5 Å². The summed E-state index contributed by atoms with van der Waals surface area (Å²) in [4.78, 5) is 46.2. The number of benzene rings is 1. The summed E-state index contributed by atoms with van der Waals surface area (Å²) in [7, 11) is 1.96. The lowest BCUT2D eigenvalue weighted by molar-refractivity contribution is -0.173. The Hall–Kier alpha value is -3.69. The molecule has 1 saturated heterocycles. The summed E-state index contributed by atoms with van der Waals surface area (Å²) in [5, 5.41) is 41.4. The van der Waals surface area contributed by atoms with Crippen LogP contribution in [0.3, 0.4) is 0 Å². The van der Waals surface area contributed by atoms with Crippen LogP contribution in [0.1, 0.15) is 37.3 Å². The van der Waals surface area contributed by atoms with Crippen LogP contribution in [-0.4, -0.2) is 99.2 Å². The number of aldehydes is 1. The molecule has 1 spiro atoms. The molecule has 41 heavy (non-hydrogen) atoms. The molecule has 6 atom stereocenters. The molecule has 1 aromatic carbocycles. The van der Waals surface area contributed by atoms with Crippen LogP contribution in [0.4, 0.5) is 13.2 Å². The van der Waals surface area contributed by atoms with Crippen molar-refractivity contribution in [3.63, 3.8) is 0 Å². The minimum Gasteiger partial charge on any atom is -0.504 e. The highest BCUT2D eigenvalue weighted by Crippen LogP contribution is 2.65. The van der Waals surface area contributed by atoms with Gasteiger partial charge in [0, 0.05) is 18.0 Å². The number of alkyl halides is 3. The third kappa shape index (κ3) is 5.13. The quantitative estimate of drug-likeness (QED) is 0.271. The third-order valence-corrected chi connectivity index (χ3v) is 7.99. The van der Waals surface area contributed by atoms with E-state index in [1.165, 1.54) is 0 Å². The molecule has 4 aliphatic rings. The maximum Gasteiger partial charge on any atom is 0.446 e. The van der Waals surface area contributed by atoms with Crippen molar-refractivity contribution in [1.29, 1.82) is 0 Å². The Balaban J connectivity index is 0.000000585. The van der Waals surface area contributed by atoms with Crippen LogP contribution < -0.4 is 4.74 Å². The second-order valence-corrected chi connectivity index (χ2v) is 10.4. The third-order valence-electron chi connectivity index (χ3n) is 7.99. The largest absolute Gasteiger partial charge is 0.504 e. The monoisotopic (exact) mass is 587 g/mol. The molecule has 0 unspecified atom stereocenters. The van der Waals surface area contributed by atoms with E-state index in [4.69, 9.17) is 19.4 Å². The Bertz CT molecular complexity index is 1300. The van der Waals surface area contributed by atoms with Gasteiger partial charge in [-0.05, 0) is 51.1 Å². The average Bonchev–Trinajstić information content (AvgIpc) is 3.25. The van der Waals surface area contributed by atoms with Crippen molar-refractivity contribution in [2.75, 3.05) is 13.6 Å². The van der Waals surface area contributed by atoms with Crippen molar-refractivity contribution in [2.45, 2.75) is 74.2 Å². The first-order chi connectivity index (χ1) is 19.1. The molecule has 1 fully saturated rings. The number of halogens is 3. The number of aliphatic hydroxyl groups excluding tert-OH is 1. The van der Waals surface area contributed by atoms with Gasteiger partial charge in [0.1, 0.15) is 5.76 Å². The molecule has 0 saturated carbocycles. The molecular formula is C26H28F3NO11. The lowest BCUT2D eigenvalue weighted by atomic mass is 9.50. The number of ether oxygens (including phenoxy) is 3. The van der Waals surface area contributed by atoms with Crippen molar-refractivity contribution >= 4 is 24.2 Å². The first-order valence-corrected chi connectivity index (χ1v) is 12.6. The molecule has 0 radical (unpaired) electrons. The minimum absolute atomic E-state index is 0.0661. The SMILES string of the molecule is C[C@H](OC(=O)[C@@H](O)CC(=O)OC1=CC[C@@]2(O)[C@H]3Cc4ccc(O)c5c4[C@@]2(CCN3C)[C@H]1O5)C(=O)O.O=CC(F)(F)F. The van der Waals surface area contributed by atoms with Gasteiger partial charge in [0.2, 0.25) is 6.29 Å². The van der Waals surface area contributed by atoms with E-state index in [1.54, 1.807) is 12.1 Å². The van der Waals surface area contributed by atoms with Gasteiger partial charge in [-0.1, -0.05) is 6.07 Å². The minimum atomic E-state index is -4.64. The van der Waals surface area contributed by atoms with Gasteiger partial charge in [-0.15, -0.1) is 0 Å². The molecule has 1 aromatic rings. The standard InChI is InChI=1S/C24H27NO10.C2HF3O/c1-11(21(29)30)33-22(31)14(27)10-17(28)34-15-5-6-24(32)16-9-12-3-4-13(26)19-18(12)23(24,20(15)35-19)7-8-25(16)2;3-2(4,5)1-6/h3-5,11,14,16,20,26-27,32H,6-10H2,1-2H3,(H,29,30);1H/t11-,14-,16+,20-,23-,24+;/m0./s1. The number of likely N-dealkylation sites (tertiary alicyclic amines) is 1. The number of carbonyl (C=O) groups excluding carboxylic acids is 3. The maximum atomic E-state index is 12.6. The van der Waals surface area contributed by atoms with Gasteiger partial charge >= 0.3 is 24.1 Å². The molecule has 2 bridgehead atoms. The molecule has 5 rings (SSSR count). The van der Waals surface area contributed by atoms with Crippen LogP contribution in [0, 0.1) is 0 Å². The first kappa shape index (κ1) is 30.3. The molecule has 224 valence electrons. The van der Waals surface area contributed by atoms with Gasteiger partial charge in [0.15, 0.2) is 29.8 Å². The Morgan fingerprint density at radius 3 is 2.56 bits per heavy atom. The summed E-state index contributed by atoms with van der Waals surface area (Å²) >= 11 is 0. The number of piperidine rings is 1. The second-order valence-electron chi connectivity index (χ2n) is 10.4. The topological polar surface area (TPSA) is 180 Å². The number of aliphatic carboxylic acids is 1. The van der Waals surface area contributed by atoms with E-state index in [0.29, 0.717) is 19.4 Å². The lowest BCUT2D eigenvalue weighted by Gasteiger charge is -2.61. The van der Waals surface area contributed by atoms with E-state index in [1.807, 2.05) is 13.1 Å². The molecule has 12 nitrogen and oxygen atoms in total. The number of carbonyl (C=O) groups is 4. The molecule has 2 aliphatic carbocycles. The van der Waals surface area contributed by atoms with Gasteiger partial charge in [-0.25, -0.2) is 9.59 Å². The molecule has 4 N–H and O–H groups in total. The lowest BCUT2D eigenvalue weighted by Crippen LogP contribution is -2.74.